The third kappa shape index (κ3) is 3.78. The van der Waals surface area contributed by atoms with E-state index in [0.29, 0.717) is 17.4 Å². The minimum atomic E-state index is 0.327. The second-order valence-electron chi connectivity index (χ2n) is 5.92. The first-order valence-corrected chi connectivity index (χ1v) is 7.23. The topological polar surface area (TPSA) is 24.9 Å². The lowest BCUT2D eigenvalue weighted by Gasteiger charge is -2.31. The van der Waals surface area contributed by atoms with E-state index < -0.39 is 0 Å². The van der Waals surface area contributed by atoms with Crippen molar-refractivity contribution in [3.8, 4) is 0 Å². The van der Waals surface area contributed by atoms with Gasteiger partial charge in [0.25, 0.3) is 0 Å². The van der Waals surface area contributed by atoms with Crippen molar-refractivity contribution in [3.05, 3.63) is 15.6 Å². The van der Waals surface area contributed by atoms with Crippen LogP contribution >= 0.6 is 11.3 Å². The molecule has 98 valence electrons. The molecule has 0 fully saturated rings. The molecule has 0 aromatic carbocycles. The van der Waals surface area contributed by atoms with Crippen LogP contribution in [-0.4, -0.2) is 11.5 Å². The molecule has 0 aliphatic carbocycles. The fourth-order valence-electron chi connectivity index (χ4n) is 1.66. The van der Waals surface area contributed by atoms with Crippen LogP contribution in [0, 0.1) is 25.2 Å². The van der Waals surface area contributed by atoms with Crippen LogP contribution < -0.4 is 5.32 Å². The highest BCUT2D eigenvalue weighted by Gasteiger charge is 2.23. The zero-order valence-corrected chi connectivity index (χ0v) is 13.0. The smallest absolute Gasteiger partial charge is 0.0900 e. The molecule has 2 nitrogen and oxygen atoms in total. The van der Waals surface area contributed by atoms with Gasteiger partial charge in [-0.1, -0.05) is 27.7 Å². The molecule has 0 bridgehead atoms. The van der Waals surface area contributed by atoms with Crippen LogP contribution in [0.1, 0.15) is 56.2 Å². The molecule has 0 amide bonds. The van der Waals surface area contributed by atoms with Crippen LogP contribution in [0.5, 0.6) is 0 Å². The molecular weight excluding hydrogens is 228 g/mol. The molecule has 1 aromatic rings. The molecule has 1 rings (SSSR count). The summed E-state index contributed by atoms with van der Waals surface area (Å²) in [5.41, 5.74) is 1.54. The summed E-state index contributed by atoms with van der Waals surface area (Å²) in [7, 11) is 0. The van der Waals surface area contributed by atoms with E-state index in [1.807, 2.05) is 0 Å². The molecule has 0 saturated heterocycles. The van der Waals surface area contributed by atoms with Crippen molar-refractivity contribution in [2.75, 3.05) is 6.54 Å². The van der Waals surface area contributed by atoms with E-state index in [2.05, 4.69) is 58.8 Å². The van der Waals surface area contributed by atoms with Gasteiger partial charge in [0, 0.05) is 17.5 Å². The van der Waals surface area contributed by atoms with Gasteiger partial charge in [-0.05, 0) is 32.1 Å². The predicted octanol–water partition coefficient (Wildman–Crippen LogP) is 4.09. The molecule has 3 heteroatoms. The Labute approximate surface area is 110 Å². The van der Waals surface area contributed by atoms with Gasteiger partial charge in [0.15, 0.2) is 0 Å². The summed E-state index contributed by atoms with van der Waals surface area (Å²) < 4.78 is 0. The Morgan fingerprint density at radius 1 is 1.24 bits per heavy atom. The summed E-state index contributed by atoms with van der Waals surface area (Å²) in [4.78, 5) is 5.95. The highest BCUT2D eigenvalue weighted by molar-refractivity contribution is 7.11. The van der Waals surface area contributed by atoms with Gasteiger partial charge in [-0.25, -0.2) is 4.98 Å². The van der Waals surface area contributed by atoms with E-state index in [9.17, 15) is 0 Å². The first kappa shape index (κ1) is 14.7. The minimum Gasteiger partial charge on any atom is -0.308 e. The molecule has 17 heavy (non-hydrogen) atoms. The molecule has 0 saturated carbocycles. The zero-order valence-electron chi connectivity index (χ0n) is 12.2. The van der Waals surface area contributed by atoms with Gasteiger partial charge < -0.3 is 5.32 Å². The molecule has 0 radical (unpaired) electrons. The number of hydrogen-bond acceptors (Lipinski definition) is 3. The van der Waals surface area contributed by atoms with E-state index in [1.165, 1.54) is 10.6 Å². The highest BCUT2D eigenvalue weighted by Crippen LogP contribution is 2.27. The van der Waals surface area contributed by atoms with Crippen molar-refractivity contribution in [1.82, 2.24) is 10.3 Å². The average Bonchev–Trinajstić information content (AvgIpc) is 2.54. The third-order valence-electron chi connectivity index (χ3n) is 3.78. The first-order valence-electron chi connectivity index (χ1n) is 6.41. The van der Waals surface area contributed by atoms with Gasteiger partial charge in [-0.3, -0.25) is 0 Å². The van der Waals surface area contributed by atoms with Crippen LogP contribution in [0.15, 0.2) is 0 Å². The number of hydrogen-bond donors (Lipinski definition) is 1. The summed E-state index contributed by atoms with van der Waals surface area (Å²) in [6.07, 6.45) is 0. The second-order valence-corrected chi connectivity index (χ2v) is 7.33. The van der Waals surface area contributed by atoms with E-state index in [0.717, 1.165) is 11.6 Å². The van der Waals surface area contributed by atoms with Gasteiger partial charge in [0.2, 0.25) is 0 Å². The van der Waals surface area contributed by atoms with Crippen molar-refractivity contribution >= 4 is 11.3 Å². The summed E-state index contributed by atoms with van der Waals surface area (Å²) in [6.45, 7) is 16.7. The van der Waals surface area contributed by atoms with Gasteiger partial charge in [-0.15, -0.1) is 11.3 Å². The van der Waals surface area contributed by atoms with Crippen molar-refractivity contribution < 1.29 is 0 Å². The molecule has 0 aliphatic heterocycles. The number of nitrogens with one attached hydrogen (secondary N) is 1. The second kappa shape index (κ2) is 5.49. The lowest BCUT2D eigenvalue weighted by molar-refractivity contribution is 0.230. The molecule has 1 atom stereocenters. The predicted molar refractivity (Wildman–Crippen MR) is 76.6 cm³/mol. The van der Waals surface area contributed by atoms with Crippen LogP contribution in [0.2, 0.25) is 0 Å². The van der Waals surface area contributed by atoms with Crippen molar-refractivity contribution in [1.29, 1.82) is 0 Å². The fourth-order valence-corrected chi connectivity index (χ4v) is 2.58. The lowest BCUT2D eigenvalue weighted by Crippen LogP contribution is -2.35. The Kier molecular flexibility index (Phi) is 4.73. The fraction of sp³-hybridized carbons (Fsp3) is 0.786. The first-order chi connectivity index (χ1) is 7.74. The van der Waals surface area contributed by atoms with Crippen molar-refractivity contribution in [2.45, 2.75) is 54.5 Å². The van der Waals surface area contributed by atoms with Crippen LogP contribution in [0.4, 0.5) is 0 Å². The maximum atomic E-state index is 4.61. The molecule has 1 aromatic heterocycles. The average molecular weight is 254 g/mol. The Morgan fingerprint density at radius 3 is 2.24 bits per heavy atom. The molecule has 0 aliphatic rings. The summed E-state index contributed by atoms with van der Waals surface area (Å²) in [6, 6.07) is 0.345. The van der Waals surface area contributed by atoms with Crippen LogP contribution in [0.3, 0.4) is 0 Å². The third-order valence-corrected chi connectivity index (χ3v) is 4.68. The molecular formula is C14H26N2S. The monoisotopic (exact) mass is 254 g/mol. The summed E-state index contributed by atoms with van der Waals surface area (Å²) in [5, 5.41) is 4.78. The molecule has 1 heterocycles. The van der Waals surface area contributed by atoms with Crippen molar-refractivity contribution in [3.63, 3.8) is 0 Å². The number of aromatic nitrogens is 1. The summed E-state index contributed by atoms with van der Waals surface area (Å²) >= 11 is 1.79. The highest BCUT2D eigenvalue weighted by atomic mass is 32.1. The molecule has 1 unspecified atom stereocenters. The maximum Gasteiger partial charge on any atom is 0.0900 e. The number of rotatable bonds is 5. The minimum absolute atomic E-state index is 0.327. The zero-order chi connectivity index (χ0) is 13.2. The quantitative estimate of drug-likeness (QED) is 0.856. The Morgan fingerprint density at radius 2 is 1.82 bits per heavy atom. The van der Waals surface area contributed by atoms with E-state index >= 15 is 0 Å². The van der Waals surface area contributed by atoms with Gasteiger partial charge >= 0.3 is 0 Å². The summed E-state index contributed by atoms with van der Waals surface area (Å²) in [5.74, 6) is 0.681. The van der Waals surface area contributed by atoms with E-state index in [1.54, 1.807) is 11.3 Å². The van der Waals surface area contributed by atoms with Crippen molar-refractivity contribution in [2.24, 2.45) is 11.3 Å². The molecule has 1 N–H and O–H groups in total. The van der Waals surface area contributed by atoms with E-state index in [-0.39, 0.29) is 0 Å². The van der Waals surface area contributed by atoms with Gasteiger partial charge in [-0.2, -0.15) is 0 Å². The van der Waals surface area contributed by atoms with Gasteiger partial charge in [0.05, 0.1) is 10.7 Å². The SMILES string of the molecule is Cc1nc(C(C)NCC(C)(C)C(C)C)c(C)s1. The standard InChI is InChI=1S/C14H26N2S/c1-9(2)14(6,7)8-15-10(3)13-11(4)17-12(5)16-13/h9-10,15H,8H2,1-7H3. The Balaban J connectivity index is 2.62. The van der Waals surface area contributed by atoms with E-state index in [4.69, 9.17) is 0 Å². The normalized spacial score (nSPS) is 14.4. The van der Waals surface area contributed by atoms with Crippen LogP contribution in [-0.2, 0) is 0 Å². The Bertz CT molecular complexity index is 366. The molecule has 0 spiro atoms. The largest absolute Gasteiger partial charge is 0.308 e. The maximum absolute atomic E-state index is 4.61. The number of thiazole rings is 1. The van der Waals surface area contributed by atoms with Crippen LogP contribution in [0.25, 0.3) is 0 Å². The number of nitrogens with zero attached hydrogens (tertiary/aromatic N) is 1. The number of aryl methyl sites for hydroxylation is 2. The van der Waals surface area contributed by atoms with Gasteiger partial charge in [0.1, 0.15) is 0 Å². The Hall–Kier alpha value is -0.410. The lowest BCUT2D eigenvalue weighted by atomic mass is 9.81.